The highest BCUT2D eigenvalue weighted by molar-refractivity contribution is 7.66. The van der Waals surface area contributed by atoms with E-state index in [1.165, 1.54) is 6.07 Å². The molecule has 7 atom stereocenters. The molecule has 0 spiro atoms. The van der Waals surface area contributed by atoms with Crippen LogP contribution < -0.4 is 11.4 Å². The number of hydrogen-bond donors (Lipinski definition) is 6. The lowest BCUT2D eigenvalue weighted by molar-refractivity contribution is -0.0749. The van der Waals surface area contributed by atoms with Crippen LogP contribution in [0.1, 0.15) is 13.2 Å². The molecule has 0 aromatic carbocycles. The van der Waals surface area contributed by atoms with Gasteiger partial charge in [0, 0.05) is 6.20 Å². The largest absolute Gasteiger partial charge is 0.490 e. The summed E-state index contributed by atoms with van der Waals surface area (Å²) in [6, 6.07) is 1.20. The van der Waals surface area contributed by atoms with Crippen molar-refractivity contribution in [3.63, 3.8) is 0 Å². The van der Waals surface area contributed by atoms with Crippen LogP contribution in [0.25, 0.3) is 0 Å². The molecule has 1 saturated heterocycles. The average molecular weight is 540 g/mol. The Labute approximate surface area is 184 Å². The van der Waals surface area contributed by atoms with Gasteiger partial charge in [0.25, 0.3) is 0 Å². The van der Waals surface area contributed by atoms with Gasteiger partial charge in [-0.1, -0.05) is 17.5 Å². The van der Waals surface area contributed by atoms with E-state index >= 15 is 0 Å². The zero-order chi connectivity index (χ0) is 24.7. The van der Waals surface area contributed by atoms with Gasteiger partial charge in [-0.2, -0.15) is 13.6 Å². The molecule has 32 heavy (non-hydrogen) atoms. The minimum atomic E-state index is -5.77. The summed E-state index contributed by atoms with van der Waals surface area (Å²) < 4.78 is 52.2. The van der Waals surface area contributed by atoms with Crippen molar-refractivity contribution in [2.45, 2.75) is 36.3 Å². The molecule has 1 aliphatic rings. The van der Waals surface area contributed by atoms with Crippen LogP contribution in [-0.2, 0) is 31.6 Å². The van der Waals surface area contributed by atoms with Gasteiger partial charge in [-0.15, -0.1) is 6.42 Å². The molecular formula is C12H17ClN3O13P3. The predicted molar refractivity (Wildman–Crippen MR) is 105 cm³/mol. The van der Waals surface area contributed by atoms with Crippen LogP contribution in [-0.4, -0.2) is 57.4 Å². The summed E-state index contributed by atoms with van der Waals surface area (Å²) in [5.41, 5.74) is 4.45. The SMILES string of the molecule is C#C[C@@]1(Cl)C(O)[C@@H]([C@@H](C)OP(=O)(O)OP(=O)(O)OP(=O)(O)O)O[C@H]1n1ccc(N)nc1=O. The highest BCUT2D eigenvalue weighted by Gasteiger charge is 2.58. The van der Waals surface area contributed by atoms with Gasteiger partial charge in [0.2, 0.25) is 0 Å². The molecule has 180 valence electrons. The van der Waals surface area contributed by atoms with Gasteiger partial charge < -0.3 is 35.2 Å². The summed E-state index contributed by atoms with van der Waals surface area (Å²) in [4.78, 5) is 49.4. The molecule has 3 unspecified atom stereocenters. The van der Waals surface area contributed by atoms with Gasteiger partial charge in [-0.25, -0.2) is 18.5 Å². The molecule has 0 amide bonds. The van der Waals surface area contributed by atoms with Gasteiger partial charge in [-0.3, -0.25) is 9.09 Å². The summed E-state index contributed by atoms with van der Waals surface area (Å²) in [6.07, 6.45) is -0.192. The van der Waals surface area contributed by atoms with Crippen molar-refractivity contribution >= 4 is 40.9 Å². The molecule has 1 aromatic heterocycles. The maximum Gasteiger partial charge on any atom is 0.490 e. The van der Waals surface area contributed by atoms with E-state index in [2.05, 4.69) is 24.0 Å². The summed E-state index contributed by atoms with van der Waals surface area (Å²) in [5, 5.41) is 10.6. The van der Waals surface area contributed by atoms with E-state index in [1.807, 2.05) is 0 Å². The van der Waals surface area contributed by atoms with E-state index in [9.17, 15) is 33.4 Å². The van der Waals surface area contributed by atoms with E-state index in [-0.39, 0.29) is 5.82 Å². The van der Waals surface area contributed by atoms with Crippen LogP contribution in [0.3, 0.4) is 0 Å². The van der Waals surface area contributed by atoms with Crippen LogP contribution >= 0.6 is 35.1 Å². The number of aliphatic hydroxyl groups excluding tert-OH is 1. The lowest BCUT2D eigenvalue weighted by atomic mass is 9.97. The third-order valence-corrected chi connectivity index (χ3v) is 8.34. The smallest absolute Gasteiger partial charge is 0.387 e. The summed E-state index contributed by atoms with van der Waals surface area (Å²) in [7, 11) is -16.9. The molecule has 0 aliphatic carbocycles. The minimum absolute atomic E-state index is 0.136. The summed E-state index contributed by atoms with van der Waals surface area (Å²) in [5.74, 6) is 1.92. The second-order valence-corrected chi connectivity index (χ2v) is 11.3. The van der Waals surface area contributed by atoms with Crippen molar-refractivity contribution in [1.82, 2.24) is 9.55 Å². The minimum Gasteiger partial charge on any atom is -0.387 e. The monoisotopic (exact) mass is 539 g/mol. The normalized spacial score (nSPS) is 30.8. The van der Waals surface area contributed by atoms with Gasteiger partial charge in [-0.05, 0) is 13.0 Å². The van der Waals surface area contributed by atoms with E-state index in [0.717, 1.165) is 17.7 Å². The average Bonchev–Trinajstić information content (AvgIpc) is 2.84. The van der Waals surface area contributed by atoms with Crippen molar-refractivity contribution < 1.29 is 56.3 Å². The van der Waals surface area contributed by atoms with Crippen molar-refractivity contribution in [2.75, 3.05) is 5.73 Å². The van der Waals surface area contributed by atoms with E-state index in [0.29, 0.717) is 0 Å². The first kappa shape index (κ1) is 27.1. The number of aliphatic hydroxyl groups is 1. The Morgan fingerprint density at radius 3 is 2.41 bits per heavy atom. The van der Waals surface area contributed by atoms with Gasteiger partial charge in [0.15, 0.2) is 11.1 Å². The van der Waals surface area contributed by atoms with E-state index in [4.69, 9.17) is 38.3 Å². The molecule has 20 heteroatoms. The number of aromatic nitrogens is 2. The van der Waals surface area contributed by atoms with E-state index in [1.54, 1.807) is 0 Å². The highest BCUT2D eigenvalue weighted by atomic mass is 35.5. The molecular weight excluding hydrogens is 523 g/mol. The van der Waals surface area contributed by atoms with Crippen molar-refractivity contribution in [3.8, 4) is 12.3 Å². The number of phosphoric ester groups is 1. The first-order valence-corrected chi connectivity index (χ1v) is 13.0. The summed E-state index contributed by atoms with van der Waals surface area (Å²) >= 11 is 6.27. The fraction of sp³-hybridized carbons (Fsp3) is 0.500. The topological polar surface area (TPSA) is 250 Å². The molecule has 0 bridgehead atoms. The van der Waals surface area contributed by atoms with Crippen molar-refractivity contribution in [1.29, 1.82) is 0 Å². The fourth-order valence-electron chi connectivity index (χ4n) is 2.67. The molecule has 16 nitrogen and oxygen atoms in total. The number of nitrogens with two attached hydrogens (primary N) is 1. The van der Waals surface area contributed by atoms with Crippen LogP contribution in [0.15, 0.2) is 17.1 Å². The molecule has 2 heterocycles. The number of nitrogens with zero attached hydrogens (tertiary/aromatic N) is 2. The van der Waals surface area contributed by atoms with Crippen LogP contribution in [0, 0.1) is 12.3 Å². The molecule has 2 rings (SSSR count). The zero-order valence-corrected chi connectivity index (χ0v) is 19.2. The number of ether oxygens (including phenoxy) is 1. The zero-order valence-electron chi connectivity index (χ0n) is 15.7. The Bertz CT molecular complexity index is 1120. The third kappa shape index (κ3) is 6.25. The quantitative estimate of drug-likeness (QED) is 0.137. The Morgan fingerprint density at radius 1 is 1.31 bits per heavy atom. The van der Waals surface area contributed by atoms with Crippen molar-refractivity contribution in [2.24, 2.45) is 0 Å². The highest BCUT2D eigenvalue weighted by Crippen LogP contribution is 2.66. The maximum absolute atomic E-state index is 12.1. The number of rotatable bonds is 8. The Kier molecular flexibility index (Phi) is 7.83. The number of hydrogen-bond acceptors (Lipinski definition) is 11. The fourth-order valence-corrected chi connectivity index (χ4v) is 6.15. The Morgan fingerprint density at radius 2 is 1.91 bits per heavy atom. The molecule has 1 aromatic rings. The second kappa shape index (κ2) is 9.25. The summed E-state index contributed by atoms with van der Waals surface area (Å²) in [6.45, 7) is 1.03. The molecule has 1 fully saturated rings. The van der Waals surface area contributed by atoms with Crippen LogP contribution in [0.2, 0.25) is 0 Å². The lowest BCUT2D eigenvalue weighted by Crippen LogP contribution is -2.44. The number of alkyl halides is 1. The number of halogens is 1. The van der Waals surface area contributed by atoms with Gasteiger partial charge >= 0.3 is 29.2 Å². The van der Waals surface area contributed by atoms with Crippen molar-refractivity contribution in [3.05, 3.63) is 22.7 Å². The van der Waals surface area contributed by atoms with Gasteiger partial charge in [0.1, 0.15) is 18.0 Å². The molecule has 0 saturated carbocycles. The maximum atomic E-state index is 12.1. The van der Waals surface area contributed by atoms with Crippen LogP contribution in [0.5, 0.6) is 0 Å². The number of nitrogen functional groups attached to an aromatic ring is 1. The Hall–Kier alpha value is -1.14. The van der Waals surface area contributed by atoms with Gasteiger partial charge in [0.05, 0.1) is 6.10 Å². The molecule has 7 N–H and O–H groups in total. The van der Waals surface area contributed by atoms with E-state index < -0.39 is 58.6 Å². The number of anilines is 1. The first-order valence-electron chi connectivity index (χ1n) is 8.08. The first-order chi connectivity index (χ1) is 14.4. The molecule has 1 aliphatic heterocycles. The van der Waals surface area contributed by atoms with Crippen LogP contribution in [0.4, 0.5) is 5.82 Å². The Balaban J connectivity index is 2.27. The standard InChI is InChI=1S/C12H17ClN3O13P3/c1-3-12(13)9(17)8(26-10(12)16-5-4-7(14)15-11(16)18)6(2)27-31(22,23)29-32(24,25)28-30(19,20)21/h1,4-6,8-10,17H,2H3,(H,22,23)(H,24,25)(H2,14,15,18)(H2,19,20,21)/t6-,8-,9?,10-,12-/m1/s1. The number of phosphoric acid groups is 3. The lowest BCUT2D eigenvalue weighted by Gasteiger charge is -2.26. The predicted octanol–water partition coefficient (Wildman–Crippen LogP) is -0.574. The third-order valence-electron chi connectivity index (χ3n) is 3.89. The molecule has 0 radical (unpaired) electrons. The number of terminal acetylenes is 1. The second-order valence-electron chi connectivity index (χ2n) is 6.25.